The van der Waals surface area contributed by atoms with Crippen molar-refractivity contribution >= 4 is 11.7 Å². The number of likely N-dealkylation sites (tertiary alicyclic amines) is 1. The van der Waals surface area contributed by atoms with Gasteiger partial charge < -0.3 is 9.32 Å². The minimum Gasteiger partial charge on any atom is -0.472 e. The predicted octanol–water partition coefficient (Wildman–Crippen LogP) is 0.695. The number of carbonyl (C=O) groups excluding carboxylic acids is 2. The van der Waals surface area contributed by atoms with Gasteiger partial charge in [-0.15, -0.1) is 0 Å². The number of hydrogen-bond acceptors (Lipinski definition) is 3. The second-order valence-electron chi connectivity index (χ2n) is 3.03. The number of carbonyl (C=O) groups is 2. The van der Waals surface area contributed by atoms with Crippen molar-refractivity contribution in [1.82, 2.24) is 4.90 Å². The van der Waals surface area contributed by atoms with Gasteiger partial charge >= 0.3 is 0 Å². The van der Waals surface area contributed by atoms with Gasteiger partial charge in [-0.1, -0.05) is 0 Å². The van der Waals surface area contributed by atoms with Crippen molar-refractivity contribution in [1.29, 1.82) is 0 Å². The van der Waals surface area contributed by atoms with Crippen LogP contribution in [-0.2, 0) is 4.79 Å². The highest BCUT2D eigenvalue weighted by Crippen LogP contribution is 2.10. The van der Waals surface area contributed by atoms with Crippen LogP contribution in [0.1, 0.15) is 16.8 Å². The Balaban J connectivity index is 2.10. The van der Waals surface area contributed by atoms with E-state index in [1.165, 1.54) is 17.4 Å². The largest absolute Gasteiger partial charge is 0.472 e. The lowest BCUT2D eigenvalue weighted by atomic mass is 10.3. The molecule has 0 unspecified atom stereocenters. The Morgan fingerprint density at radius 1 is 1.54 bits per heavy atom. The maximum atomic E-state index is 11.6. The molecule has 0 bridgehead atoms. The first-order valence-electron chi connectivity index (χ1n) is 4.10. The molecule has 0 aliphatic carbocycles. The van der Waals surface area contributed by atoms with E-state index in [1.54, 1.807) is 6.07 Å². The third-order valence-corrected chi connectivity index (χ3v) is 2.08. The van der Waals surface area contributed by atoms with Crippen LogP contribution in [-0.4, -0.2) is 29.7 Å². The summed E-state index contributed by atoms with van der Waals surface area (Å²) in [4.78, 5) is 24.0. The fraction of sp³-hybridized carbons (Fsp3) is 0.333. The summed E-state index contributed by atoms with van der Waals surface area (Å²) in [5.41, 5.74) is 0.509. The molecule has 2 rings (SSSR count). The zero-order valence-corrected chi connectivity index (χ0v) is 7.03. The smallest absolute Gasteiger partial charge is 0.257 e. The number of nitrogens with zero attached hydrogens (tertiary/aromatic N) is 1. The van der Waals surface area contributed by atoms with Gasteiger partial charge in [0, 0.05) is 13.0 Å². The average Bonchev–Trinajstić information content (AvgIpc) is 2.72. The Morgan fingerprint density at radius 3 is 2.92 bits per heavy atom. The first-order valence-corrected chi connectivity index (χ1v) is 4.10. The van der Waals surface area contributed by atoms with Gasteiger partial charge in [-0.2, -0.15) is 0 Å². The molecule has 13 heavy (non-hydrogen) atoms. The molecular formula is C9H9NO3. The van der Waals surface area contributed by atoms with Gasteiger partial charge in [0.2, 0.25) is 0 Å². The van der Waals surface area contributed by atoms with Crippen LogP contribution in [0, 0.1) is 0 Å². The first-order chi connectivity index (χ1) is 6.27. The van der Waals surface area contributed by atoms with E-state index in [9.17, 15) is 9.59 Å². The zero-order chi connectivity index (χ0) is 9.26. The third kappa shape index (κ3) is 1.47. The maximum absolute atomic E-state index is 11.6. The molecule has 1 aromatic rings. The molecule has 1 aliphatic heterocycles. The summed E-state index contributed by atoms with van der Waals surface area (Å²) >= 11 is 0. The van der Waals surface area contributed by atoms with Crippen LogP contribution in [0.15, 0.2) is 23.0 Å². The molecule has 1 fully saturated rings. The quantitative estimate of drug-likeness (QED) is 0.637. The van der Waals surface area contributed by atoms with E-state index in [4.69, 9.17) is 4.42 Å². The Morgan fingerprint density at radius 2 is 2.38 bits per heavy atom. The molecule has 0 aromatic carbocycles. The van der Waals surface area contributed by atoms with Crippen molar-refractivity contribution in [3.8, 4) is 0 Å². The van der Waals surface area contributed by atoms with Crippen molar-refractivity contribution in [2.24, 2.45) is 0 Å². The highest BCUT2D eigenvalue weighted by molar-refractivity contribution is 5.98. The highest BCUT2D eigenvalue weighted by atomic mass is 16.3. The fourth-order valence-electron chi connectivity index (χ4n) is 1.37. The van der Waals surface area contributed by atoms with Crippen LogP contribution in [0.5, 0.6) is 0 Å². The van der Waals surface area contributed by atoms with Gasteiger partial charge in [0.15, 0.2) is 5.78 Å². The molecule has 1 aromatic heterocycles. The van der Waals surface area contributed by atoms with Crippen molar-refractivity contribution in [3.05, 3.63) is 24.2 Å². The molecule has 0 atom stereocenters. The molecule has 0 saturated carbocycles. The second kappa shape index (κ2) is 3.05. The van der Waals surface area contributed by atoms with Crippen LogP contribution < -0.4 is 0 Å². The third-order valence-electron chi connectivity index (χ3n) is 2.08. The molecule has 0 radical (unpaired) electrons. The van der Waals surface area contributed by atoms with Gasteiger partial charge in [0.1, 0.15) is 6.26 Å². The topological polar surface area (TPSA) is 50.5 Å². The number of amides is 1. The number of hydrogen-bond donors (Lipinski definition) is 0. The van der Waals surface area contributed by atoms with Gasteiger partial charge in [-0.3, -0.25) is 9.59 Å². The van der Waals surface area contributed by atoms with Crippen LogP contribution in [0.25, 0.3) is 0 Å². The average molecular weight is 179 g/mol. The monoisotopic (exact) mass is 179 g/mol. The molecule has 1 aliphatic rings. The summed E-state index contributed by atoms with van der Waals surface area (Å²) in [6.07, 6.45) is 3.32. The molecule has 1 saturated heterocycles. The summed E-state index contributed by atoms with van der Waals surface area (Å²) < 4.78 is 4.79. The molecule has 4 nitrogen and oxygen atoms in total. The Kier molecular flexibility index (Phi) is 1.88. The van der Waals surface area contributed by atoms with Crippen molar-refractivity contribution in [3.63, 3.8) is 0 Å². The number of ketones is 1. The van der Waals surface area contributed by atoms with Gasteiger partial charge in [-0.05, 0) is 6.07 Å². The van der Waals surface area contributed by atoms with Crippen molar-refractivity contribution < 1.29 is 14.0 Å². The number of rotatable bonds is 1. The number of Topliss-reactive ketones (excluding diaryl/α,β-unsaturated/α-hetero) is 1. The summed E-state index contributed by atoms with van der Waals surface area (Å²) in [6.45, 7) is 0.771. The fourth-order valence-corrected chi connectivity index (χ4v) is 1.37. The minimum absolute atomic E-state index is 0.122. The Hall–Kier alpha value is -1.58. The van der Waals surface area contributed by atoms with Crippen LogP contribution in [0.4, 0.5) is 0 Å². The second-order valence-corrected chi connectivity index (χ2v) is 3.03. The van der Waals surface area contributed by atoms with Crippen LogP contribution in [0.3, 0.4) is 0 Å². The summed E-state index contributed by atoms with van der Waals surface area (Å²) in [5.74, 6) is -0.00329. The normalized spacial score (nSPS) is 16.6. The lowest BCUT2D eigenvalue weighted by Gasteiger charge is -2.11. The lowest BCUT2D eigenvalue weighted by Crippen LogP contribution is -2.28. The van der Waals surface area contributed by atoms with E-state index >= 15 is 0 Å². The van der Waals surface area contributed by atoms with E-state index in [1.807, 2.05) is 0 Å². The van der Waals surface area contributed by atoms with Crippen molar-refractivity contribution in [2.45, 2.75) is 6.42 Å². The van der Waals surface area contributed by atoms with Gasteiger partial charge in [-0.25, -0.2) is 0 Å². The maximum Gasteiger partial charge on any atom is 0.257 e. The van der Waals surface area contributed by atoms with E-state index < -0.39 is 0 Å². The van der Waals surface area contributed by atoms with Crippen LogP contribution in [0.2, 0.25) is 0 Å². The zero-order valence-electron chi connectivity index (χ0n) is 7.03. The van der Waals surface area contributed by atoms with E-state index in [-0.39, 0.29) is 18.2 Å². The lowest BCUT2D eigenvalue weighted by molar-refractivity contribution is -0.116. The summed E-state index contributed by atoms with van der Waals surface area (Å²) in [5, 5.41) is 0. The summed E-state index contributed by atoms with van der Waals surface area (Å²) in [7, 11) is 0. The van der Waals surface area contributed by atoms with Gasteiger partial charge in [0.05, 0.1) is 18.4 Å². The minimum atomic E-state index is -0.125. The molecule has 68 valence electrons. The summed E-state index contributed by atoms with van der Waals surface area (Å²) in [6, 6.07) is 1.60. The highest BCUT2D eigenvalue weighted by Gasteiger charge is 2.25. The molecule has 1 amide bonds. The molecule has 4 heteroatoms. The van der Waals surface area contributed by atoms with E-state index in [0.717, 1.165) is 0 Å². The SMILES string of the molecule is O=C1CCN(C(=O)c2ccoc2)C1. The van der Waals surface area contributed by atoms with E-state index in [2.05, 4.69) is 0 Å². The molecule has 0 spiro atoms. The Labute approximate surface area is 75.1 Å². The Bertz CT molecular complexity index is 329. The van der Waals surface area contributed by atoms with E-state index in [0.29, 0.717) is 18.5 Å². The molecule has 2 heterocycles. The van der Waals surface area contributed by atoms with Gasteiger partial charge in [0.25, 0.3) is 5.91 Å². The van der Waals surface area contributed by atoms with Crippen molar-refractivity contribution in [2.75, 3.05) is 13.1 Å². The number of furan rings is 1. The molecular weight excluding hydrogens is 170 g/mol. The molecule has 0 N–H and O–H groups in total. The first kappa shape index (κ1) is 8.04. The predicted molar refractivity (Wildman–Crippen MR) is 44.2 cm³/mol. The standard InChI is InChI=1S/C9H9NO3/c11-8-1-3-10(5-8)9(12)7-2-4-13-6-7/h2,4,6H,1,3,5H2. The van der Waals surface area contributed by atoms with Crippen LogP contribution >= 0.6 is 0 Å².